The topological polar surface area (TPSA) is 203 Å². The summed E-state index contributed by atoms with van der Waals surface area (Å²) in [6.07, 6.45) is 3.41. The zero-order chi connectivity index (χ0) is 43.5. The van der Waals surface area contributed by atoms with Crippen LogP contribution in [0.25, 0.3) is 0 Å². The Kier molecular flexibility index (Phi) is 53.2. The molecule has 0 aliphatic heterocycles. The minimum Gasteiger partial charge on any atom is -0.465 e. The third-order valence-electron chi connectivity index (χ3n) is 7.85. The minimum absolute atomic E-state index is 0. The van der Waals surface area contributed by atoms with Crippen LogP contribution < -0.4 is 10.6 Å². The van der Waals surface area contributed by atoms with Crippen molar-refractivity contribution >= 4 is 41.4 Å². The second-order valence-electron chi connectivity index (χ2n) is 12.4. The van der Waals surface area contributed by atoms with Crippen LogP contribution in [0.2, 0.25) is 12.1 Å². The highest BCUT2D eigenvalue weighted by Gasteiger charge is 2.38. The molecule has 0 saturated carbocycles. The van der Waals surface area contributed by atoms with Crippen LogP contribution >= 0.6 is 0 Å². The Morgan fingerprint density at radius 2 is 1.05 bits per heavy atom. The number of methoxy groups -OCH3 is 2. The molecule has 0 radical (unpaired) electrons. The van der Waals surface area contributed by atoms with Gasteiger partial charge in [-0.25, -0.2) is 4.79 Å². The van der Waals surface area contributed by atoms with Gasteiger partial charge >= 0.3 is 29.5 Å². The number of carbonyl (C=O) groups is 4. The Labute approximate surface area is 366 Å². The van der Waals surface area contributed by atoms with E-state index in [2.05, 4.69) is 23.8 Å². The van der Waals surface area contributed by atoms with Crippen molar-refractivity contribution in [3.05, 3.63) is 24.8 Å². The van der Waals surface area contributed by atoms with E-state index in [1.54, 1.807) is 77.6 Å². The van der Waals surface area contributed by atoms with Crippen LogP contribution in [0, 0.1) is 11.3 Å². The second kappa shape index (κ2) is 44.4. The minimum atomic E-state index is -2.67. The summed E-state index contributed by atoms with van der Waals surface area (Å²) in [5.74, 6) is -1.39. The molecule has 60 heavy (non-hydrogen) atoms. The first-order chi connectivity index (χ1) is 26.5. The van der Waals surface area contributed by atoms with E-state index in [-0.39, 0.29) is 79.4 Å². The van der Waals surface area contributed by atoms with Crippen LogP contribution in [-0.2, 0) is 74.2 Å². The van der Waals surface area contributed by atoms with E-state index >= 15 is 0 Å². The molecule has 0 aromatic rings. The molecule has 0 aliphatic rings. The van der Waals surface area contributed by atoms with Gasteiger partial charge in [0.2, 0.25) is 11.8 Å². The lowest BCUT2D eigenvalue weighted by Gasteiger charge is -2.27. The maximum atomic E-state index is 12.5. The van der Waals surface area contributed by atoms with Crippen molar-refractivity contribution in [3.63, 3.8) is 0 Å². The number of esters is 2. The molecule has 0 rings (SSSR count). The van der Waals surface area contributed by atoms with Crippen LogP contribution in [0.5, 0.6) is 0 Å². The molecule has 0 heterocycles. The molecule has 0 spiro atoms. The fraction of sp³-hybridized carbons (Fsp3) is 0.800. The third-order valence-corrected chi connectivity index (χ3v) is 13.5. The molecule has 1 atom stereocenters. The number of amides is 2. The molecule has 0 bridgehead atoms. The van der Waals surface area contributed by atoms with Crippen molar-refractivity contribution in [1.29, 1.82) is 0 Å². The zero-order valence-corrected chi connectivity index (χ0v) is 38.0. The van der Waals surface area contributed by atoms with E-state index in [1.165, 1.54) is 6.08 Å². The summed E-state index contributed by atoms with van der Waals surface area (Å²) in [7, 11) is 7.29. The highest BCUT2D eigenvalue weighted by atomic mass is 28.4. The lowest BCUT2D eigenvalue weighted by Crippen LogP contribution is -2.43. The van der Waals surface area contributed by atoms with E-state index in [1.807, 2.05) is 6.92 Å². The molecule has 0 saturated heterocycles. The summed E-state index contributed by atoms with van der Waals surface area (Å²) in [6, 6.07) is 1.16. The quantitative estimate of drug-likeness (QED) is 0.0277. The van der Waals surface area contributed by atoms with Gasteiger partial charge in [0.05, 0.1) is 45.1 Å². The number of rotatable bonds is 31. The molecule has 0 aliphatic carbocycles. The van der Waals surface area contributed by atoms with E-state index in [9.17, 15) is 19.2 Å². The van der Waals surface area contributed by atoms with E-state index < -0.39 is 23.0 Å². The largest absolute Gasteiger partial charge is 0.500 e. The van der Waals surface area contributed by atoms with Gasteiger partial charge in [-0.1, -0.05) is 49.8 Å². The zero-order valence-electron chi connectivity index (χ0n) is 36.0. The first-order valence-corrected chi connectivity index (χ1v) is 22.0. The summed E-state index contributed by atoms with van der Waals surface area (Å²) in [5, 5.41) is 5.19. The smallest absolute Gasteiger partial charge is 0.465 e. The van der Waals surface area contributed by atoms with Gasteiger partial charge in [0.25, 0.3) is 0 Å². The SMILES string of the molecule is C.C.C.C.C=C(C)C(=O)OCCC[Si](OC)(OC)OC.C=CC(=O)NCOCCOC.CCC(CC(C)(C)C(=O)OCCC[Si](OC)(OC)OC)C(=O)NCOCCOC. The van der Waals surface area contributed by atoms with Crippen LogP contribution in [0.15, 0.2) is 24.8 Å². The van der Waals surface area contributed by atoms with Crippen molar-refractivity contribution in [2.75, 3.05) is 110 Å². The Morgan fingerprint density at radius 1 is 0.650 bits per heavy atom. The summed E-state index contributed by atoms with van der Waals surface area (Å²) in [4.78, 5) is 46.5. The standard InChI is InChI=1S/C19H39NO8Si.C10H20O5Si.C7H13NO3.4CH4/c1-8-16(17(21)20-15-27-12-11-23-4)14-19(2,3)18(22)28-10-9-13-29(24-5,25-6)26-7;1-9(2)10(11)15-7-6-8-16(12-3,13-4)14-5;1-3-7(9)8-6-11-5-4-10-2;;;;/h16H,8-15H2,1-7H3,(H,20,21);1,6-8H2,2-5H3;3H,1,4-6H2,2H3,(H,8,9);4*1H4. The van der Waals surface area contributed by atoms with Crippen LogP contribution in [-0.4, -0.2) is 151 Å². The van der Waals surface area contributed by atoms with Crippen molar-refractivity contribution in [3.8, 4) is 0 Å². The van der Waals surface area contributed by atoms with Crippen LogP contribution in [0.1, 0.15) is 83.1 Å². The van der Waals surface area contributed by atoms with E-state index in [4.69, 9.17) is 55.0 Å². The predicted octanol–water partition coefficient (Wildman–Crippen LogP) is 5.80. The second-order valence-corrected chi connectivity index (χ2v) is 18.6. The average molecular weight is 909 g/mol. The van der Waals surface area contributed by atoms with Gasteiger partial charge in [0.15, 0.2) is 0 Å². The normalized spacial score (nSPS) is 11.1. The molecular formula is C40H88N2O16Si2. The molecular weight excluding hydrogens is 821 g/mol. The maximum absolute atomic E-state index is 12.5. The Hall–Kier alpha value is -2.61. The highest BCUT2D eigenvalue weighted by Crippen LogP contribution is 2.29. The molecule has 0 aromatic carbocycles. The van der Waals surface area contributed by atoms with Gasteiger partial charge < -0.3 is 65.6 Å². The van der Waals surface area contributed by atoms with E-state index in [0.717, 1.165) is 0 Å². The number of carbonyl (C=O) groups excluding carboxylic acids is 4. The van der Waals surface area contributed by atoms with Crippen molar-refractivity contribution in [2.24, 2.45) is 11.3 Å². The van der Waals surface area contributed by atoms with Crippen LogP contribution in [0.4, 0.5) is 0 Å². The Morgan fingerprint density at radius 3 is 1.40 bits per heavy atom. The maximum Gasteiger partial charge on any atom is 0.500 e. The average Bonchev–Trinajstić information content (AvgIpc) is 3.20. The predicted molar refractivity (Wildman–Crippen MR) is 240 cm³/mol. The molecule has 20 heteroatoms. The number of hydrogen-bond donors (Lipinski definition) is 2. The highest BCUT2D eigenvalue weighted by molar-refractivity contribution is 6.60. The summed E-state index contributed by atoms with van der Waals surface area (Å²) in [5.41, 5.74) is -0.388. The lowest BCUT2D eigenvalue weighted by molar-refractivity contribution is -0.155. The molecule has 18 nitrogen and oxygen atoms in total. The van der Waals surface area contributed by atoms with Gasteiger partial charge in [-0.2, -0.15) is 0 Å². The van der Waals surface area contributed by atoms with Crippen molar-refractivity contribution in [2.45, 2.75) is 95.2 Å². The van der Waals surface area contributed by atoms with Gasteiger partial charge in [0, 0.05) is 80.5 Å². The molecule has 1 unspecified atom stereocenters. The first kappa shape index (κ1) is 71.9. The summed E-state index contributed by atoms with van der Waals surface area (Å²) in [6.45, 7) is 16.6. The van der Waals surface area contributed by atoms with Crippen molar-refractivity contribution in [1.82, 2.24) is 10.6 Å². The fourth-order valence-electron chi connectivity index (χ4n) is 4.35. The van der Waals surface area contributed by atoms with Gasteiger partial charge in [-0.3, -0.25) is 14.4 Å². The number of ether oxygens (including phenoxy) is 6. The van der Waals surface area contributed by atoms with Crippen LogP contribution in [0.3, 0.4) is 0 Å². The first-order valence-electron chi connectivity index (χ1n) is 18.2. The number of nitrogens with one attached hydrogen (secondary N) is 2. The van der Waals surface area contributed by atoms with Gasteiger partial charge in [0.1, 0.15) is 13.5 Å². The third kappa shape index (κ3) is 35.0. The monoisotopic (exact) mass is 909 g/mol. The molecule has 0 aromatic heterocycles. The Balaban J connectivity index is -0.000000154. The summed E-state index contributed by atoms with van der Waals surface area (Å²) >= 11 is 0. The molecule has 362 valence electrons. The van der Waals surface area contributed by atoms with Crippen molar-refractivity contribution < 1.29 is 74.2 Å². The lowest BCUT2D eigenvalue weighted by atomic mass is 9.81. The Bertz CT molecular complexity index is 1060. The van der Waals surface area contributed by atoms with E-state index in [0.29, 0.717) is 76.4 Å². The summed E-state index contributed by atoms with van der Waals surface area (Å²) < 4.78 is 61.9. The molecule has 2 N–H and O–H groups in total. The fourth-order valence-corrected chi connectivity index (χ4v) is 7.73. The molecule has 0 fully saturated rings. The van der Waals surface area contributed by atoms with Gasteiger partial charge in [-0.15, -0.1) is 0 Å². The van der Waals surface area contributed by atoms with Gasteiger partial charge in [-0.05, 0) is 52.5 Å². The number of hydrogen-bond acceptors (Lipinski definition) is 16. The molecule has 2 amide bonds.